The molecule has 124 valence electrons. The Kier molecular flexibility index (Phi) is 8.18. The maximum absolute atomic E-state index is 12.6. The summed E-state index contributed by atoms with van der Waals surface area (Å²) in [6, 6.07) is 6.03. The first-order chi connectivity index (χ1) is 10.5. The van der Waals surface area contributed by atoms with E-state index in [1.807, 2.05) is 12.1 Å². The largest absolute Gasteiger partial charge is 0.493 e. The van der Waals surface area contributed by atoms with Gasteiger partial charge in [-0.15, -0.1) is 0 Å². The van der Waals surface area contributed by atoms with E-state index in [9.17, 15) is 4.79 Å². The third-order valence-electron chi connectivity index (χ3n) is 3.98. The van der Waals surface area contributed by atoms with Gasteiger partial charge in [0.05, 0.1) is 12.2 Å². The van der Waals surface area contributed by atoms with Crippen molar-refractivity contribution in [3.05, 3.63) is 29.3 Å². The highest BCUT2D eigenvalue weighted by Gasteiger charge is 2.15. The summed E-state index contributed by atoms with van der Waals surface area (Å²) in [6.45, 7) is 14.0. The summed E-state index contributed by atoms with van der Waals surface area (Å²) in [4.78, 5) is 14.9. The van der Waals surface area contributed by atoms with Gasteiger partial charge >= 0.3 is 0 Å². The molecular weight excluding hydrogens is 274 g/mol. The van der Waals surface area contributed by atoms with Gasteiger partial charge in [0.15, 0.2) is 5.78 Å². The maximum Gasteiger partial charge on any atom is 0.167 e. The molecule has 0 aromatic heterocycles. The van der Waals surface area contributed by atoms with Crippen LogP contribution >= 0.6 is 0 Å². The van der Waals surface area contributed by atoms with E-state index in [1.165, 1.54) is 5.56 Å². The molecule has 0 aliphatic carbocycles. The fourth-order valence-electron chi connectivity index (χ4n) is 2.40. The molecule has 0 saturated carbocycles. The summed E-state index contributed by atoms with van der Waals surface area (Å²) in [6.07, 6.45) is 1.49. The Morgan fingerprint density at radius 3 is 2.41 bits per heavy atom. The third kappa shape index (κ3) is 5.45. The Hall–Kier alpha value is -1.35. The lowest BCUT2D eigenvalue weighted by Gasteiger charge is -2.18. The summed E-state index contributed by atoms with van der Waals surface area (Å²) in [5.74, 6) is 1.32. The average Bonchev–Trinajstić information content (AvgIpc) is 2.53. The molecule has 0 bridgehead atoms. The lowest BCUT2D eigenvalue weighted by Crippen LogP contribution is -2.26. The Morgan fingerprint density at radius 2 is 1.86 bits per heavy atom. The van der Waals surface area contributed by atoms with Crippen LogP contribution in [-0.2, 0) is 0 Å². The number of carbonyl (C=O) groups is 1. The van der Waals surface area contributed by atoms with Crippen molar-refractivity contribution in [1.82, 2.24) is 4.90 Å². The molecule has 3 heteroatoms. The van der Waals surface area contributed by atoms with Crippen molar-refractivity contribution in [3.63, 3.8) is 0 Å². The van der Waals surface area contributed by atoms with Gasteiger partial charge in [0, 0.05) is 13.0 Å². The van der Waals surface area contributed by atoms with E-state index in [2.05, 4.69) is 45.6 Å². The second-order valence-electron chi connectivity index (χ2n) is 5.96. The van der Waals surface area contributed by atoms with Crippen molar-refractivity contribution in [3.8, 4) is 5.75 Å². The molecular formula is C19H31NO2. The molecule has 0 unspecified atom stereocenters. The number of Topliss-reactive ketones (excluding diaryl/α,β-unsaturated/α-hetero) is 1. The number of benzene rings is 1. The van der Waals surface area contributed by atoms with Crippen molar-refractivity contribution in [2.45, 2.75) is 53.4 Å². The minimum absolute atomic E-state index is 0.181. The number of nitrogens with zero attached hydrogens (tertiary/aromatic N) is 1. The summed E-state index contributed by atoms with van der Waals surface area (Å²) in [7, 11) is 0. The molecule has 0 radical (unpaired) electrons. The quantitative estimate of drug-likeness (QED) is 0.595. The molecule has 1 aromatic carbocycles. The molecule has 0 N–H and O–H groups in total. The lowest BCUT2D eigenvalue weighted by molar-refractivity contribution is 0.0962. The van der Waals surface area contributed by atoms with Crippen molar-refractivity contribution in [2.24, 2.45) is 0 Å². The predicted molar refractivity (Wildman–Crippen MR) is 93.1 cm³/mol. The third-order valence-corrected chi connectivity index (χ3v) is 3.98. The molecule has 1 aromatic rings. The lowest BCUT2D eigenvalue weighted by atomic mass is 9.97. The molecule has 0 aliphatic rings. The Morgan fingerprint density at radius 1 is 1.18 bits per heavy atom. The highest BCUT2D eigenvalue weighted by Crippen LogP contribution is 2.26. The summed E-state index contributed by atoms with van der Waals surface area (Å²) < 4.78 is 5.77. The smallest absolute Gasteiger partial charge is 0.167 e. The van der Waals surface area contributed by atoms with Gasteiger partial charge in [0.1, 0.15) is 5.75 Å². The van der Waals surface area contributed by atoms with Crippen LogP contribution in [0.5, 0.6) is 5.75 Å². The van der Waals surface area contributed by atoms with Gasteiger partial charge in [-0.05, 0) is 43.1 Å². The topological polar surface area (TPSA) is 29.5 Å². The first kappa shape index (κ1) is 18.7. The van der Waals surface area contributed by atoms with Crippen LogP contribution in [0.3, 0.4) is 0 Å². The minimum Gasteiger partial charge on any atom is -0.493 e. The number of carbonyl (C=O) groups excluding carboxylic acids is 1. The second-order valence-corrected chi connectivity index (χ2v) is 5.96. The second kappa shape index (κ2) is 9.62. The SMILES string of the molecule is CCCOc1ccc(C(C)C)cc1C(=O)CCN(CC)CC. The van der Waals surface area contributed by atoms with Crippen molar-refractivity contribution in [2.75, 3.05) is 26.2 Å². The van der Waals surface area contributed by atoms with Gasteiger partial charge in [-0.1, -0.05) is 40.7 Å². The predicted octanol–water partition coefficient (Wildman–Crippen LogP) is 4.51. The average molecular weight is 305 g/mol. The zero-order valence-corrected chi connectivity index (χ0v) is 14.8. The molecule has 1 rings (SSSR count). The molecule has 0 fully saturated rings. The van der Waals surface area contributed by atoms with E-state index in [0.29, 0.717) is 18.9 Å². The Bertz CT molecular complexity index is 465. The van der Waals surface area contributed by atoms with Crippen LogP contribution in [0.25, 0.3) is 0 Å². The van der Waals surface area contributed by atoms with Crippen LogP contribution in [0.4, 0.5) is 0 Å². The molecule has 0 atom stereocenters. The zero-order valence-electron chi connectivity index (χ0n) is 14.8. The highest BCUT2D eigenvalue weighted by atomic mass is 16.5. The summed E-state index contributed by atoms with van der Waals surface area (Å²) in [5, 5.41) is 0. The van der Waals surface area contributed by atoms with Gasteiger partial charge in [-0.2, -0.15) is 0 Å². The van der Waals surface area contributed by atoms with Crippen molar-refractivity contribution in [1.29, 1.82) is 0 Å². The van der Waals surface area contributed by atoms with Crippen LogP contribution in [0, 0.1) is 0 Å². The summed E-state index contributed by atoms with van der Waals surface area (Å²) >= 11 is 0. The van der Waals surface area contributed by atoms with Gasteiger partial charge in [-0.25, -0.2) is 0 Å². The van der Waals surface area contributed by atoms with E-state index in [1.54, 1.807) is 0 Å². The van der Waals surface area contributed by atoms with Gasteiger partial charge < -0.3 is 9.64 Å². The van der Waals surface area contributed by atoms with E-state index < -0.39 is 0 Å². The van der Waals surface area contributed by atoms with E-state index in [0.717, 1.165) is 37.4 Å². The van der Waals surface area contributed by atoms with E-state index >= 15 is 0 Å². The number of ether oxygens (including phenoxy) is 1. The normalized spacial score (nSPS) is 11.2. The molecule has 0 heterocycles. The monoisotopic (exact) mass is 305 g/mol. The maximum atomic E-state index is 12.6. The molecule has 22 heavy (non-hydrogen) atoms. The van der Waals surface area contributed by atoms with Crippen LogP contribution < -0.4 is 4.74 Å². The molecule has 0 saturated heterocycles. The molecule has 0 aliphatic heterocycles. The summed E-state index contributed by atoms with van der Waals surface area (Å²) in [5.41, 5.74) is 1.93. The van der Waals surface area contributed by atoms with E-state index in [4.69, 9.17) is 4.74 Å². The number of ketones is 1. The minimum atomic E-state index is 0.181. The van der Waals surface area contributed by atoms with Crippen LogP contribution in [0.1, 0.15) is 69.3 Å². The van der Waals surface area contributed by atoms with Crippen molar-refractivity contribution >= 4 is 5.78 Å². The first-order valence-electron chi connectivity index (χ1n) is 8.55. The van der Waals surface area contributed by atoms with Crippen LogP contribution in [0.15, 0.2) is 18.2 Å². The highest BCUT2D eigenvalue weighted by molar-refractivity contribution is 5.99. The van der Waals surface area contributed by atoms with Crippen LogP contribution in [0.2, 0.25) is 0 Å². The zero-order chi connectivity index (χ0) is 16.5. The molecule has 3 nitrogen and oxygen atoms in total. The number of rotatable bonds is 10. The van der Waals surface area contributed by atoms with E-state index in [-0.39, 0.29) is 5.78 Å². The Balaban J connectivity index is 2.91. The number of hydrogen-bond acceptors (Lipinski definition) is 3. The fraction of sp³-hybridized carbons (Fsp3) is 0.632. The Labute approximate surface area is 135 Å². The van der Waals surface area contributed by atoms with Crippen molar-refractivity contribution < 1.29 is 9.53 Å². The fourth-order valence-corrected chi connectivity index (χ4v) is 2.40. The first-order valence-corrected chi connectivity index (χ1v) is 8.55. The van der Waals surface area contributed by atoms with Gasteiger partial charge in [0.2, 0.25) is 0 Å². The van der Waals surface area contributed by atoms with Gasteiger partial charge in [-0.3, -0.25) is 4.79 Å². The standard InChI is InChI=1S/C19H31NO2/c1-6-13-22-19-10-9-16(15(4)5)14-17(19)18(21)11-12-20(7-2)8-3/h9-10,14-15H,6-8,11-13H2,1-5H3. The molecule has 0 spiro atoms. The van der Waals surface area contributed by atoms with Gasteiger partial charge in [0.25, 0.3) is 0 Å². The number of hydrogen-bond donors (Lipinski definition) is 0. The van der Waals surface area contributed by atoms with Crippen LogP contribution in [-0.4, -0.2) is 36.9 Å². The molecule has 0 amide bonds.